The van der Waals surface area contributed by atoms with E-state index in [0.29, 0.717) is 35.3 Å². The van der Waals surface area contributed by atoms with Crippen molar-refractivity contribution in [3.63, 3.8) is 0 Å². The van der Waals surface area contributed by atoms with Crippen LogP contribution in [0.1, 0.15) is 18.2 Å². The molecule has 0 saturated carbocycles. The van der Waals surface area contributed by atoms with Gasteiger partial charge in [-0.2, -0.15) is 0 Å². The van der Waals surface area contributed by atoms with Gasteiger partial charge in [0, 0.05) is 16.7 Å². The molecule has 5 rings (SSSR count). The minimum atomic E-state index is -0.739. The van der Waals surface area contributed by atoms with Gasteiger partial charge in [0.15, 0.2) is 5.76 Å². The first kappa shape index (κ1) is 29.3. The average Bonchev–Trinajstić information content (AvgIpc) is 3.48. The second-order valence-corrected chi connectivity index (χ2v) is 11.3. The van der Waals surface area contributed by atoms with Crippen LogP contribution in [-0.2, 0) is 25.7 Å². The molecule has 2 aliphatic rings. The number of fused-ring (bicyclic) bond motifs is 1. The molecule has 12 heteroatoms. The summed E-state index contributed by atoms with van der Waals surface area (Å²) in [6.45, 7) is 2.30. The maximum absolute atomic E-state index is 13.4. The zero-order chi connectivity index (χ0) is 29.5. The molecule has 2 amide bonds. The van der Waals surface area contributed by atoms with Crippen molar-refractivity contribution in [2.75, 3.05) is 25.2 Å². The minimum absolute atomic E-state index is 0.0137. The largest absolute Gasteiger partial charge is 0.497 e. The molecule has 1 aromatic heterocycles. The second kappa shape index (κ2) is 13.7. The average molecular weight is 608 g/mol. The van der Waals surface area contributed by atoms with Crippen molar-refractivity contribution in [1.29, 1.82) is 0 Å². The van der Waals surface area contributed by atoms with Crippen molar-refractivity contribution in [2.24, 2.45) is 0 Å². The van der Waals surface area contributed by atoms with E-state index in [2.05, 4.69) is 10.5 Å². The molecule has 1 unspecified atom stereocenters. The molecule has 218 valence electrons. The van der Waals surface area contributed by atoms with Gasteiger partial charge in [0.25, 0.3) is 11.8 Å². The van der Waals surface area contributed by atoms with Gasteiger partial charge < -0.3 is 24.1 Å². The molecule has 0 aliphatic carbocycles. The van der Waals surface area contributed by atoms with Gasteiger partial charge in [-0.05, 0) is 53.6 Å². The number of aromatic nitrogens is 1. The number of hydrogen-bond donors (Lipinski definition) is 1. The Labute approximate surface area is 251 Å². The van der Waals surface area contributed by atoms with Gasteiger partial charge in [0.2, 0.25) is 5.91 Å². The van der Waals surface area contributed by atoms with Gasteiger partial charge in [-0.25, -0.2) is 4.79 Å². The van der Waals surface area contributed by atoms with Crippen molar-refractivity contribution >= 4 is 47.4 Å². The molecule has 0 bridgehead atoms. The van der Waals surface area contributed by atoms with E-state index in [4.69, 9.17) is 18.7 Å². The molecule has 3 heterocycles. The van der Waals surface area contributed by atoms with Crippen LogP contribution in [-0.4, -0.2) is 64.5 Å². The van der Waals surface area contributed by atoms with Crippen molar-refractivity contribution in [3.8, 4) is 11.6 Å². The Morgan fingerprint density at radius 3 is 2.69 bits per heavy atom. The molecular formula is C30H29N3O7S2. The van der Waals surface area contributed by atoms with Crippen LogP contribution >= 0.6 is 23.5 Å². The Morgan fingerprint density at radius 2 is 1.95 bits per heavy atom. The van der Waals surface area contributed by atoms with E-state index in [1.807, 2.05) is 37.3 Å². The van der Waals surface area contributed by atoms with E-state index >= 15 is 0 Å². The lowest BCUT2D eigenvalue weighted by atomic mass is 10.0. The molecule has 10 nitrogen and oxygen atoms in total. The Kier molecular flexibility index (Phi) is 9.55. The maximum atomic E-state index is 13.4. The number of carbonyl (C=O) groups is 3. The lowest BCUT2D eigenvalue weighted by molar-refractivity contribution is -0.153. The molecule has 1 saturated heterocycles. The van der Waals surface area contributed by atoms with Crippen LogP contribution in [0.4, 0.5) is 0 Å². The highest BCUT2D eigenvalue weighted by Gasteiger charge is 2.54. The monoisotopic (exact) mass is 607 g/mol. The van der Waals surface area contributed by atoms with Gasteiger partial charge in [-0.15, -0.1) is 23.5 Å². The number of carbonyl (C=O) groups excluding carboxylic acids is 3. The fourth-order valence-corrected chi connectivity index (χ4v) is 6.38. The van der Waals surface area contributed by atoms with E-state index in [1.165, 1.54) is 28.4 Å². The van der Waals surface area contributed by atoms with Gasteiger partial charge >= 0.3 is 5.97 Å². The summed E-state index contributed by atoms with van der Waals surface area (Å²) in [5, 5.41) is 6.25. The highest BCUT2D eigenvalue weighted by atomic mass is 32.2. The molecule has 2 atom stereocenters. The number of rotatable bonds is 12. The standard InChI is InChI=1S/C30H29N3O7S2/c1-3-38-25-15-22(40-32-25)14-11-20-17-42-29-26(31-24(34)18-41-23-7-5-4-6-8-23)28(35)33(29)27(20)30(36)39-16-19-9-12-21(37-2)13-10-19/h4-15,26,29H,3,16-18H2,1-2H3,(H,31,34)/b14-11+/t26-,29?/m1/s1. The summed E-state index contributed by atoms with van der Waals surface area (Å²) in [7, 11) is 1.58. The molecule has 42 heavy (non-hydrogen) atoms. The Hall–Kier alpha value is -4.16. The Balaban J connectivity index is 1.31. The summed E-state index contributed by atoms with van der Waals surface area (Å²) >= 11 is 2.85. The van der Waals surface area contributed by atoms with Crippen LogP contribution in [0.25, 0.3) is 6.08 Å². The molecule has 1 fully saturated rings. The van der Waals surface area contributed by atoms with Crippen LogP contribution < -0.4 is 14.8 Å². The number of esters is 1. The summed E-state index contributed by atoms with van der Waals surface area (Å²) in [6.07, 6.45) is 3.37. The molecule has 0 radical (unpaired) electrons. The molecule has 2 aliphatic heterocycles. The van der Waals surface area contributed by atoms with Crippen molar-refractivity contribution in [2.45, 2.75) is 29.8 Å². The number of amides is 2. The number of benzene rings is 2. The van der Waals surface area contributed by atoms with Crippen LogP contribution in [0.3, 0.4) is 0 Å². The van der Waals surface area contributed by atoms with Gasteiger partial charge in [-0.3, -0.25) is 14.5 Å². The third-order valence-electron chi connectivity index (χ3n) is 6.40. The van der Waals surface area contributed by atoms with Crippen LogP contribution in [0.15, 0.2) is 87.4 Å². The third kappa shape index (κ3) is 6.82. The van der Waals surface area contributed by atoms with Crippen molar-refractivity contribution in [3.05, 3.63) is 89.3 Å². The number of nitrogens with one attached hydrogen (secondary N) is 1. The fourth-order valence-electron chi connectivity index (χ4n) is 4.33. The smallest absolute Gasteiger partial charge is 0.355 e. The summed E-state index contributed by atoms with van der Waals surface area (Å²) in [4.78, 5) is 41.8. The zero-order valence-electron chi connectivity index (χ0n) is 23.0. The Bertz CT molecular complexity index is 1490. The number of β-lactam (4-membered cyclic amide) rings is 1. The zero-order valence-corrected chi connectivity index (χ0v) is 24.6. The first-order valence-electron chi connectivity index (χ1n) is 13.2. The van der Waals surface area contributed by atoms with E-state index in [-0.39, 0.29) is 29.9 Å². The van der Waals surface area contributed by atoms with Gasteiger partial charge in [0.1, 0.15) is 29.5 Å². The number of methoxy groups -OCH3 is 1. The van der Waals surface area contributed by atoms with E-state index < -0.39 is 17.4 Å². The number of hydrogen-bond acceptors (Lipinski definition) is 10. The van der Waals surface area contributed by atoms with Gasteiger partial charge in [0.05, 0.1) is 19.5 Å². The predicted molar refractivity (Wildman–Crippen MR) is 159 cm³/mol. The first-order valence-corrected chi connectivity index (χ1v) is 15.2. The topological polar surface area (TPSA) is 120 Å². The highest BCUT2D eigenvalue weighted by molar-refractivity contribution is 8.00. The van der Waals surface area contributed by atoms with E-state index in [1.54, 1.807) is 49.6 Å². The first-order chi connectivity index (χ1) is 20.5. The van der Waals surface area contributed by atoms with Crippen molar-refractivity contribution < 1.29 is 33.1 Å². The lowest BCUT2D eigenvalue weighted by Crippen LogP contribution is -2.70. The summed E-state index contributed by atoms with van der Waals surface area (Å²) in [5.41, 5.74) is 1.50. The predicted octanol–water partition coefficient (Wildman–Crippen LogP) is 4.28. The SMILES string of the molecule is CCOc1cc(/C=C/C2=C(C(=O)OCc3ccc(OC)cc3)N3C(=O)[C@@H](NC(=O)CSc4ccccc4)C3SC2)on1. The normalized spacial score (nSPS) is 18.0. The highest BCUT2D eigenvalue weighted by Crippen LogP contribution is 2.41. The number of allylic oxidation sites excluding steroid dienone is 1. The maximum Gasteiger partial charge on any atom is 0.355 e. The van der Waals surface area contributed by atoms with Crippen LogP contribution in [0.5, 0.6) is 11.6 Å². The summed E-state index contributed by atoms with van der Waals surface area (Å²) in [6, 6.07) is 17.6. The van der Waals surface area contributed by atoms with Crippen LogP contribution in [0.2, 0.25) is 0 Å². The Morgan fingerprint density at radius 1 is 1.17 bits per heavy atom. The lowest BCUT2D eigenvalue weighted by Gasteiger charge is -2.49. The third-order valence-corrected chi connectivity index (χ3v) is 8.71. The van der Waals surface area contributed by atoms with Crippen LogP contribution in [0, 0.1) is 0 Å². The molecule has 2 aromatic carbocycles. The van der Waals surface area contributed by atoms with E-state index in [9.17, 15) is 14.4 Å². The summed E-state index contributed by atoms with van der Waals surface area (Å²) in [5.74, 6) is 0.796. The number of nitrogens with zero attached hydrogens (tertiary/aromatic N) is 2. The second-order valence-electron chi connectivity index (χ2n) is 9.19. The molecule has 0 spiro atoms. The fraction of sp³-hybridized carbons (Fsp3) is 0.267. The quantitative estimate of drug-likeness (QED) is 0.181. The van der Waals surface area contributed by atoms with Gasteiger partial charge in [-0.1, -0.05) is 36.4 Å². The molecular weight excluding hydrogens is 578 g/mol. The number of ether oxygens (including phenoxy) is 3. The van der Waals surface area contributed by atoms with Crippen molar-refractivity contribution in [1.82, 2.24) is 15.4 Å². The number of thioether (sulfide) groups is 2. The summed E-state index contributed by atoms with van der Waals surface area (Å²) < 4.78 is 21.4. The minimum Gasteiger partial charge on any atom is -0.497 e. The molecule has 3 aromatic rings. The van der Waals surface area contributed by atoms with E-state index in [0.717, 1.165) is 10.5 Å². The molecule has 1 N–H and O–H groups in total.